The van der Waals surface area contributed by atoms with Crippen molar-refractivity contribution >= 4 is 22.8 Å². The van der Waals surface area contributed by atoms with Gasteiger partial charge in [0.2, 0.25) is 5.65 Å². The predicted molar refractivity (Wildman–Crippen MR) is 34.5 cm³/mol. The molecule has 2 heterocycles. The van der Waals surface area contributed by atoms with E-state index in [1.165, 1.54) is 0 Å². The zero-order valence-corrected chi connectivity index (χ0v) is 5.50. The van der Waals surface area contributed by atoms with Crippen molar-refractivity contribution in [3.05, 3.63) is 11.2 Å². The fourth-order valence-electron chi connectivity index (χ4n) is 0.644. The molecule has 5 nitrogen and oxygen atoms in total. The van der Waals surface area contributed by atoms with Gasteiger partial charge in [0, 0.05) is 6.07 Å². The van der Waals surface area contributed by atoms with Crippen LogP contribution in [0, 0.1) is 0 Å². The quantitative estimate of drug-likeness (QED) is 0.598. The minimum atomic E-state index is 0.332. The number of hydrogen-bond donors (Lipinski definition) is 1. The van der Waals surface area contributed by atoms with Crippen molar-refractivity contribution in [2.75, 3.05) is 0 Å². The molecule has 0 amide bonds. The topological polar surface area (TPSA) is 67.3 Å². The van der Waals surface area contributed by atoms with Gasteiger partial charge in [-0.15, -0.1) is 15.3 Å². The lowest BCUT2D eigenvalue weighted by Gasteiger charge is -1.83. The molecule has 0 atom stereocenters. The lowest BCUT2D eigenvalue weighted by molar-refractivity contribution is 0.946. The van der Waals surface area contributed by atoms with Crippen LogP contribution in [0.3, 0.4) is 0 Å². The number of H-pyrrole nitrogens is 1. The van der Waals surface area contributed by atoms with Crippen molar-refractivity contribution in [3.63, 3.8) is 0 Å². The van der Waals surface area contributed by atoms with Gasteiger partial charge in [-0.2, -0.15) is 0 Å². The Balaban J connectivity index is 2.86. The maximum absolute atomic E-state index is 5.53. The van der Waals surface area contributed by atoms with E-state index in [4.69, 9.17) is 11.6 Å². The van der Waals surface area contributed by atoms with Crippen LogP contribution in [0.25, 0.3) is 11.2 Å². The van der Waals surface area contributed by atoms with E-state index in [1.54, 1.807) is 6.07 Å². The third-order valence-electron chi connectivity index (χ3n) is 1.06. The SMILES string of the molecule is Clc1cc2[nH]nnc2nn1. The minimum Gasteiger partial charge on any atom is -0.256 e. The standard InChI is InChI=1S/C4H2ClN5/c5-3-1-2-4(8-7-3)9-10-6-2/h1H,(H,6,8,9,10). The van der Waals surface area contributed by atoms with E-state index in [0.717, 1.165) is 0 Å². The Labute approximate surface area is 60.4 Å². The summed E-state index contributed by atoms with van der Waals surface area (Å²) >= 11 is 5.53. The first kappa shape index (κ1) is 5.55. The summed E-state index contributed by atoms with van der Waals surface area (Å²) in [7, 11) is 0. The molecule has 0 saturated heterocycles. The predicted octanol–water partition coefficient (Wildman–Crippen LogP) is 0.401. The monoisotopic (exact) mass is 155 g/mol. The van der Waals surface area contributed by atoms with Gasteiger partial charge in [-0.25, -0.2) is 0 Å². The van der Waals surface area contributed by atoms with Gasteiger partial charge < -0.3 is 0 Å². The largest absolute Gasteiger partial charge is 0.256 e. The van der Waals surface area contributed by atoms with Crippen molar-refractivity contribution in [1.29, 1.82) is 0 Å². The average Bonchev–Trinajstić information content (AvgIpc) is 2.33. The Morgan fingerprint density at radius 2 is 2.20 bits per heavy atom. The summed E-state index contributed by atoms with van der Waals surface area (Å²) in [6.07, 6.45) is 0. The van der Waals surface area contributed by atoms with E-state index in [-0.39, 0.29) is 0 Å². The molecule has 6 heteroatoms. The number of nitrogens with one attached hydrogen (secondary N) is 1. The van der Waals surface area contributed by atoms with Gasteiger partial charge in [0.15, 0.2) is 5.15 Å². The molecule has 1 N–H and O–H groups in total. The highest BCUT2D eigenvalue weighted by molar-refractivity contribution is 6.29. The first-order valence-electron chi connectivity index (χ1n) is 2.56. The summed E-state index contributed by atoms with van der Waals surface area (Å²) in [6.45, 7) is 0. The number of rotatable bonds is 0. The van der Waals surface area contributed by atoms with E-state index in [2.05, 4.69) is 25.6 Å². The lowest BCUT2D eigenvalue weighted by atomic mass is 10.5. The molecule has 0 bridgehead atoms. The molecule has 0 fully saturated rings. The summed E-state index contributed by atoms with van der Waals surface area (Å²) in [5, 5.41) is 17.3. The molecule has 0 aliphatic heterocycles. The minimum absolute atomic E-state index is 0.332. The number of nitrogens with zero attached hydrogens (tertiary/aromatic N) is 4. The highest BCUT2D eigenvalue weighted by atomic mass is 35.5. The second-order valence-corrected chi connectivity index (χ2v) is 2.10. The Bertz CT molecular complexity index is 355. The second-order valence-electron chi connectivity index (χ2n) is 1.72. The summed E-state index contributed by atoms with van der Waals surface area (Å²) in [5.74, 6) is 0. The van der Waals surface area contributed by atoms with E-state index < -0.39 is 0 Å². The van der Waals surface area contributed by atoms with Crippen molar-refractivity contribution in [2.24, 2.45) is 0 Å². The molecular weight excluding hydrogens is 154 g/mol. The Hall–Kier alpha value is -1.23. The third-order valence-corrected chi connectivity index (χ3v) is 1.24. The molecule has 0 spiro atoms. The molecule has 2 aromatic heterocycles. The van der Waals surface area contributed by atoms with Crippen LogP contribution in [0.4, 0.5) is 0 Å². The average molecular weight is 156 g/mol. The van der Waals surface area contributed by atoms with Gasteiger partial charge in [0.05, 0.1) is 0 Å². The fourth-order valence-corrected chi connectivity index (χ4v) is 0.791. The van der Waals surface area contributed by atoms with Gasteiger partial charge >= 0.3 is 0 Å². The van der Waals surface area contributed by atoms with E-state index >= 15 is 0 Å². The molecule has 2 rings (SSSR count). The first-order chi connectivity index (χ1) is 4.86. The Kier molecular flexibility index (Phi) is 1.04. The second kappa shape index (κ2) is 1.88. The highest BCUT2D eigenvalue weighted by Gasteiger charge is 1.98. The van der Waals surface area contributed by atoms with Crippen LogP contribution in [-0.4, -0.2) is 25.6 Å². The van der Waals surface area contributed by atoms with Gasteiger partial charge in [-0.05, 0) is 0 Å². The van der Waals surface area contributed by atoms with Crippen molar-refractivity contribution in [2.45, 2.75) is 0 Å². The molecule has 0 aromatic carbocycles. The van der Waals surface area contributed by atoms with Crippen LogP contribution in [0.5, 0.6) is 0 Å². The van der Waals surface area contributed by atoms with Gasteiger partial charge in [-0.1, -0.05) is 16.8 Å². The maximum Gasteiger partial charge on any atom is 0.223 e. The zero-order chi connectivity index (χ0) is 6.97. The van der Waals surface area contributed by atoms with Crippen LogP contribution in [0.2, 0.25) is 5.15 Å². The highest BCUT2D eigenvalue weighted by Crippen LogP contribution is 2.07. The first-order valence-corrected chi connectivity index (χ1v) is 2.94. The molecule has 0 radical (unpaired) electrons. The number of fused-ring (bicyclic) bond motifs is 1. The van der Waals surface area contributed by atoms with E-state index in [0.29, 0.717) is 16.3 Å². The Morgan fingerprint density at radius 3 is 3.10 bits per heavy atom. The molecule has 0 saturated carbocycles. The molecular formula is C4H2ClN5. The van der Waals surface area contributed by atoms with Crippen LogP contribution in [-0.2, 0) is 0 Å². The fraction of sp³-hybridized carbons (Fsp3) is 0. The number of halogens is 1. The molecule has 10 heavy (non-hydrogen) atoms. The van der Waals surface area contributed by atoms with Crippen LogP contribution in [0.1, 0.15) is 0 Å². The van der Waals surface area contributed by atoms with Gasteiger partial charge in [-0.3, -0.25) is 5.10 Å². The number of hydrogen-bond acceptors (Lipinski definition) is 4. The van der Waals surface area contributed by atoms with Crippen molar-refractivity contribution in [1.82, 2.24) is 25.6 Å². The summed E-state index contributed by atoms with van der Waals surface area (Å²) in [5.41, 5.74) is 1.17. The van der Waals surface area contributed by atoms with Crippen LogP contribution >= 0.6 is 11.6 Å². The molecule has 0 aliphatic carbocycles. The maximum atomic E-state index is 5.53. The van der Waals surface area contributed by atoms with Crippen LogP contribution in [0.15, 0.2) is 6.07 Å². The smallest absolute Gasteiger partial charge is 0.223 e. The molecule has 2 aromatic rings. The van der Waals surface area contributed by atoms with E-state index in [1.807, 2.05) is 0 Å². The normalized spacial score (nSPS) is 10.5. The third kappa shape index (κ3) is 0.714. The number of aromatic nitrogens is 5. The Morgan fingerprint density at radius 1 is 1.30 bits per heavy atom. The summed E-state index contributed by atoms with van der Waals surface area (Å²) in [6, 6.07) is 1.61. The van der Waals surface area contributed by atoms with Gasteiger partial charge in [0.1, 0.15) is 5.52 Å². The molecule has 0 unspecified atom stereocenters. The summed E-state index contributed by atoms with van der Waals surface area (Å²) in [4.78, 5) is 0. The van der Waals surface area contributed by atoms with Crippen molar-refractivity contribution in [3.8, 4) is 0 Å². The lowest BCUT2D eigenvalue weighted by Crippen LogP contribution is -1.82. The summed E-state index contributed by atoms with van der Waals surface area (Å²) < 4.78 is 0. The van der Waals surface area contributed by atoms with Gasteiger partial charge in [0.25, 0.3) is 0 Å². The molecule has 0 aliphatic rings. The van der Waals surface area contributed by atoms with Crippen LogP contribution < -0.4 is 0 Å². The molecule has 50 valence electrons. The van der Waals surface area contributed by atoms with E-state index in [9.17, 15) is 0 Å². The zero-order valence-electron chi connectivity index (χ0n) is 4.74. The van der Waals surface area contributed by atoms with Crippen molar-refractivity contribution < 1.29 is 0 Å². The number of aromatic amines is 1.